The van der Waals surface area contributed by atoms with Gasteiger partial charge in [0.2, 0.25) is 0 Å². The smallest absolute Gasteiger partial charge is 0.312 e. The summed E-state index contributed by atoms with van der Waals surface area (Å²) in [5, 5.41) is 0.911. The fraction of sp³-hybridized carbons (Fsp3) is 0.619. The van der Waals surface area contributed by atoms with Crippen LogP contribution in [0, 0.1) is 5.41 Å². The predicted octanol–water partition coefficient (Wildman–Crippen LogP) is 5.88. The summed E-state index contributed by atoms with van der Waals surface area (Å²) in [5.74, 6) is 0.800. The molecule has 1 heterocycles. The highest BCUT2D eigenvalue weighted by molar-refractivity contribution is 9.10. The number of hydrogen-bond donors (Lipinski definition) is 0. The van der Waals surface area contributed by atoms with Crippen LogP contribution in [0.25, 0.3) is 0 Å². The number of benzene rings is 1. The van der Waals surface area contributed by atoms with Gasteiger partial charge in [-0.25, -0.2) is 0 Å². The Morgan fingerprint density at radius 1 is 1.35 bits per heavy atom. The van der Waals surface area contributed by atoms with E-state index in [2.05, 4.69) is 48.0 Å². The molecule has 0 saturated carbocycles. The van der Waals surface area contributed by atoms with E-state index < -0.39 is 5.60 Å². The molecule has 3 nitrogen and oxygen atoms in total. The van der Waals surface area contributed by atoms with Gasteiger partial charge in [0.15, 0.2) is 0 Å². The molecule has 0 amide bonds. The standard InChI is InChI=1S/C21H28BrNO2S/c1-19(2,3)25-18(24)11-17-23-21(8-9-26-17)13-20(4,5)12-14-6-7-15(22)10-16(14)21/h6-7,10H,8-9,11-13H2,1-5H3. The van der Waals surface area contributed by atoms with Crippen molar-refractivity contribution in [3.05, 3.63) is 33.8 Å². The number of fused-ring (bicyclic) bond motifs is 2. The Bertz CT molecular complexity index is 751. The third-order valence-electron chi connectivity index (χ3n) is 4.85. The van der Waals surface area contributed by atoms with Crippen molar-refractivity contribution in [2.24, 2.45) is 10.4 Å². The number of carbonyl (C=O) groups excluding carboxylic acids is 1. The van der Waals surface area contributed by atoms with E-state index in [9.17, 15) is 4.79 Å². The lowest BCUT2D eigenvalue weighted by molar-refractivity contribution is -0.153. The highest BCUT2D eigenvalue weighted by Gasteiger charge is 2.45. The molecule has 0 saturated heterocycles. The van der Waals surface area contributed by atoms with Gasteiger partial charge in [-0.1, -0.05) is 35.8 Å². The molecular weight excluding hydrogens is 410 g/mol. The molecular formula is C21H28BrNO2S. The van der Waals surface area contributed by atoms with Gasteiger partial charge in [0, 0.05) is 10.2 Å². The summed E-state index contributed by atoms with van der Waals surface area (Å²) in [5.41, 5.74) is 2.23. The van der Waals surface area contributed by atoms with E-state index in [1.165, 1.54) is 11.1 Å². The minimum absolute atomic E-state index is 0.190. The Balaban J connectivity index is 1.95. The summed E-state index contributed by atoms with van der Waals surface area (Å²) < 4.78 is 6.60. The van der Waals surface area contributed by atoms with Crippen molar-refractivity contribution in [2.75, 3.05) is 5.75 Å². The zero-order valence-corrected chi connectivity index (χ0v) is 18.7. The number of ether oxygens (including phenoxy) is 1. The maximum absolute atomic E-state index is 12.3. The van der Waals surface area contributed by atoms with Gasteiger partial charge in [0.1, 0.15) is 5.60 Å². The quantitative estimate of drug-likeness (QED) is 0.541. The summed E-state index contributed by atoms with van der Waals surface area (Å²) in [7, 11) is 0. The molecule has 1 spiro atoms. The van der Waals surface area contributed by atoms with E-state index in [1.807, 2.05) is 20.8 Å². The fourth-order valence-electron chi connectivity index (χ4n) is 4.18. The van der Waals surface area contributed by atoms with Gasteiger partial charge in [0.05, 0.1) is 17.0 Å². The largest absolute Gasteiger partial charge is 0.460 e. The molecule has 1 atom stereocenters. The second kappa shape index (κ2) is 6.97. The number of halogens is 1. The average molecular weight is 438 g/mol. The molecule has 1 aliphatic carbocycles. The Labute approximate surface area is 169 Å². The summed E-state index contributed by atoms with van der Waals surface area (Å²) in [6.07, 6.45) is 3.37. The Hall–Kier alpha value is -0.810. The van der Waals surface area contributed by atoms with Crippen molar-refractivity contribution in [2.45, 2.75) is 71.4 Å². The van der Waals surface area contributed by atoms with E-state index in [0.717, 1.165) is 34.5 Å². The summed E-state index contributed by atoms with van der Waals surface area (Å²) in [4.78, 5) is 17.5. The fourth-order valence-corrected chi connectivity index (χ4v) is 5.68. The number of hydrogen-bond acceptors (Lipinski definition) is 4. The van der Waals surface area contributed by atoms with Crippen LogP contribution in [-0.2, 0) is 21.5 Å². The topological polar surface area (TPSA) is 38.7 Å². The van der Waals surface area contributed by atoms with Crippen LogP contribution >= 0.6 is 27.7 Å². The number of carbonyl (C=O) groups is 1. The molecule has 1 unspecified atom stereocenters. The first-order valence-electron chi connectivity index (χ1n) is 9.20. The van der Waals surface area contributed by atoms with Crippen molar-refractivity contribution in [1.82, 2.24) is 0 Å². The Morgan fingerprint density at radius 3 is 2.77 bits per heavy atom. The number of rotatable bonds is 2. The normalized spacial score (nSPS) is 24.8. The molecule has 0 radical (unpaired) electrons. The van der Waals surface area contributed by atoms with Gasteiger partial charge in [-0.15, -0.1) is 11.8 Å². The summed E-state index contributed by atoms with van der Waals surface area (Å²) >= 11 is 5.33. The molecule has 0 fully saturated rings. The molecule has 26 heavy (non-hydrogen) atoms. The van der Waals surface area contributed by atoms with E-state index in [1.54, 1.807) is 11.8 Å². The lowest BCUT2D eigenvalue weighted by atomic mass is 9.64. The van der Waals surface area contributed by atoms with Gasteiger partial charge in [-0.05, 0) is 68.7 Å². The molecule has 0 bridgehead atoms. The third kappa shape index (κ3) is 4.53. The molecule has 5 heteroatoms. The minimum Gasteiger partial charge on any atom is -0.460 e. The number of esters is 1. The number of thioether (sulfide) groups is 1. The van der Waals surface area contributed by atoms with Gasteiger partial charge < -0.3 is 4.74 Å². The first-order chi connectivity index (χ1) is 12.0. The van der Waals surface area contributed by atoms with E-state index >= 15 is 0 Å². The van der Waals surface area contributed by atoms with Crippen molar-refractivity contribution >= 4 is 38.7 Å². The van der Waals surface area contributed by atoms with Crippen molar-refractivity contribution in [3.63, 3.8) is 0 Å². The van der Waals surface area contributed by atoms with E-state index in [4.69, 9.17) is 9.73 Å². The first-order valence-corrected chi connectivity index (χ1v) is 11.0. The maximum Gasteiger partial charge on any atom is 0.312 e. The maximum atomic E-state index is 12.3. The van der Waals surface area contributed by atoms with Gasteiger partial charge in [-0.3, -0.25) is 9.79 Å². The van der Waals surface area contributed by atoms with Gasteiger partial charge >= 0.3 is 5.97 Å². The van der Waals surface area contributed by atoms with Crippen LogP contribution < -0.4 is 0 Å². The average Bonchev–Trinajstić information content (AvgIpc) is 2.45. The van der Waals surface area contributed by atoms with Crippen LogP contribution in [0.3, 0.4) is 0 Å². The zero-order valence-electron chi connectivity index (χ0n) is 16.3. The summed E-state index contributed by atoms with van der Waals surface area (Å²) in [6, 6.07) is 6.58. The number of aliphatic imine (C=N–C) groups is 1. The number of nitrogens with zero attached hydrogens (tertiary/aromatic N) is 1. The lowest BCUT2D eigenvalue weighted by Crippen LogP contribution is -2.40. The lowest BCUT2D eigenvalue weighted by Gasteiger charge is -2.46. The van der Waals surface area contributed by atoms with Crippen LogP contribution in [0.4, 0.5) is 0 Å². The van der Waals surface area contributed by atoms with Gasteiger partial charge in [-0.2, -0.15) is 0 Å². The molecule has 0 aromatic heterocycles. The molecule has 142 valence electrons. The van der Waals surface area contributed by atoms with E-state index in [0.29, 0.717) is 0 Å². The van der Waals surface area contributed by atoms with E-state index in [-0.39, 0.29) is 23.3 Å². The van der Waals surface area contributed by atoms with Crippen LogP contribution in [0.2, 0.25) is 0 Å². The van der Waals surface area contributed by atoms with Crippen molar-refractivity contribution in [1.29, 1.82) is 0 Å². The van der Waals surface area contributed by atoms with Gasteiger partial charge in [0.25, 0.3) is 0 Å². The molecule has 2 aliphatic rings. The van der Waals surface area contributed by atoms with Crippen molar-refractivity contribution in [3.8, 4) is 0 Å². The highest BCUT2D eigenvalue weighted by atomic mass is 79.9. The molecule has 1 aromatic carbocycles. The van der Waals surface area contributed by atoms with Crippen LogP contribution in [0.5, 0.6) is 0 Å². The third-order valence-corrected chi connectivity index (χ3v) is 6.32. The molecule has 3 rings (SSSR count). The molecule has 1 aliphatic heterocycles. The zero-order chi connectivity index (χ0) is 19.2. The SMILES string of the molecule is CC1(C)Cc2ccc(Br)cc2C2(CCSC(CC(=O)OC(C)(C)C)=N2)C1. The first kappa shape index (κ1) is 19.9. The minimum atomic E-state index is -0.459. The second-order valence-corrected chi connectivity index (χ2v) is 11.3. The van der Waals surface area contributed by atoms with Crippen LogP contribution in [0.1, 0.15) is 65.0 Å². The molecule has 1 aromatic rings. The van der Waals surface area contributed by atoms with Crippen molar-refractivity contribution < 1.29 is 9.53 Å². The second-order valence-electron chi connectivity index (χ2n) is 9.22. The van der Waals surface area contributed by atoms with Crippen LogP contribution in [-0.4, -0.2) is 22.4 Å². The Kier molecular flexibility index (Phi) is 5.35. The van der Waals surface area contributed by atoms with Crippen LogP contribution in [0.15, 0.2) is 27.7 Å². The summed E-state index contributed by atoms with van der Waals surface area (Å²) in [6.45, 7) is 10.4. The highest BCUT2D eigenvalue weighted by Crippen LogP contribution is 2.51. The molecule has 0 N–H and O–H groups in total. The monoisotopic (exact) mass is 437 g/mol. The predicted molar refractivity (Wildman–Crippen MR) is 113 cm³/mol. The Morgan fingerprint density at radius 2 is 2.08 bits per heavy atom.